The van der Waals surface area contributed by atoms with Crippen LogP contribution in [0.25, 0.3) is 0 Å². The Balaban J connectivity index is 0.00000200. The van der Waals surface area contributed by atoms with E-state index < -0.39 is 0 Å². The third-order valence-electron chi connectivity index (χ3n) is 3.58. The Morgan fingerprint density at radius 1 is 1.60 bits per heavy atom. The number of halogens is 1. The minimum absolute atomic E-state index is 0. The molecule has 1 saturated heterocycles. The number of nitrogens with zero attached hydrogens (tertiary/aromatic N) is 2. The van der Waals surface area contributed by atoms with E-state index in [0.29, 0.717) is 18.4 Å². The molecular weight excluding hydrogens is 294 g/mol. The summed E-state index contributed by atoms with van der Waals surface area (Å²) in [6.07, 6.45) is 2.23. The zero-order valence-corrected chi connectivity index (χ0v) is 14.0. The molecule has 1 fully saturated rings. The Labute approximate surface area is 131 Å². The van der Waals surface area contributed by atoms with Crippen molar-refractivity contribution < 1.29 is 4.79 Å². The number of nitrogens with one attached hydrogen (secondary N) is 1. The number of amides is 1. The highest BCUT2D eigenvalue weighted by molar-refractivity contribution is 7.09. The van der Waals surface area contributed by atoms with Crippen molar-refractivity contribution in [3.05, 3.63) is 16.1 Å². The normalized spacial score (nSPS) is 19.0. The van der Waals surface area contributed by atoms with Crippen molar-refractivity contribution in [3.63, 3.8) is 0 Å². The fraction of sp³-hybridized carbons (Fsp3) is 0.714. The first kappa shape index (κ1) is 17.4. The molecule has 0 saturated carbocycles. The maximum atomic E-state index is 11.9. The highest BCUT2D eigenvalue weighted by Crippen LogP contribution is 2.30. The van der Waals surface area contributed by atoms with Gasteiger partial charge in [0.1, 0.15) is 0 Å². The molecule has 20 heavy (non-hydrogen) atoms. The molecule has 2 rings (SSSR count). The molecule has 6 heteroatoms. The van der Waals surface area contributed by atoms with Crippen LogP contribution in [0.3, 0.4) is 0 Å². The third kappa shape index (κ3) is 4.17. The van der Waals surface area contributed by atoms with Gasteiger partial charge in [-0.3, -0.25) is 4.79 Å². The standard InChI is InChI=1S/C14H23N3OS.ClH/c1-10(2)12-9-19-14(16-12)11-5-4-6-17(8-11)13(18)7-15-3;/h9-11,15H,4-8H2,1-3H3;1H. The van der Waals surface area contributed by atoms with Gasteiger partial charge in [-0.15, -0.1) is 23.7 Å². The van der Waals surface area contributed by atoms with Crippen LogP contribution in [0.2, 0.25) is 0 Å². The van der Waals surface area contributed by atoms with Gasteiger partial charge in [-0.1, -0.05) is 13.8 Å². The lowest BCUT2D eigenvalue weighted by Crippen LogP contribution is -2.42. The van der Waals surface area contributed by atoms with Crippen LogP contribution in [0.4, 0.5) is 0 Å². The number of rotatable bonds is 4. The van der Waals surface area contributed by atoms with Crippen molar-refractivity contribution in [3.8, 4) is 0 Å². The average molecular weight is 318 g/mol. The summed E-state index contributed by atoms with van der Waals surface area (Å²) in [5, 5.41) is 6.29. The Morgan fingerprint density at radius 3 is 2.95 bits per heavy atom. The van der Waals surface area contributed by atoms with E-state index >= 15 is 0 Å². The summed E-state index contributed by atoms with van der Waals surface area (Å²) in [7, 11) is 1.81. The number of thiazole rings is 1. The fourth-order valence-corrected chi connectivity index (χ4v) is 3.53. The molecular formula is C14H24ClN3OS. The van der Waals surface area contributed by atoms with Crippen LogP contribution in [-0.4, -0.2) is 42.5 Å². The number of likely N-dealkylation sites (tertiary alicyclic amines) is 1. The maximum Gasteiger partial charge on any atom is 0.236 e. The van der Waals surface area contributed by atoms with Crippen molar-refractivity contribution in [1.82, 2.24) is 15.2 Å². The molecule has 1 aromatic heterocycles. The van der Waals surface area contributed by atoms with E-state index in [9.17, 15) is 4.79 Å². The van der Waals surface area contributed by atoms with Gasteiger partial charge in [0.05, 0.1) is 17.2 Å². The SMILES string of the molecule is CNCC(=O)N1CCCC(c2nc(C(C)C)cs2)C1.Cl. The molecule has 2 heterocycles. The predicted molar refractivity (Wildman–Crippen MR) is 85.9 cm³/mol. The predicted octanol–water partition coefficient (Wildman–Crippen LogP) is 2.61. The molecule has 0 spiro atoms. The highest BCUT2D eigenvalue weighted by Gasteiger charge is 2.26. The van der Waals surface area contributed by atoms with Gasteiger partial charge < -0.3 is 10.2 Å². The second-order valence-electron chi connectivity index (χ2n) is 5.47. The van der Waals surface area contributed by atoms with Crippen molar-refractivity contribution in [2.24, 2.45) is 0 Å². The van der Waals surface area contributed by atoms with Gasteiger partial charge in [-0.25, -0.2) is 4.98 Å². The largest absolute Gasteiger partial charge is 0.341 e. The van der Waals surface area contributed by atoms with Gasteiger partial charge in [0.25, 0.3) is 0 Å². The first-order chi connectivity index (χ1) is 9.11. The van der Waals surface area contributed by atoms with Crippen LogP contribution in [0, 0.1) is 0 Å². The molecule has 4 nitrogen and oxygen atoms in total. The molecule has 1 aliphatic rings. The summed E-state index contributed by atoms with van der Waals surface area (Å²) in [5.74, 6) is 1.11. The van der Waals surface area contributed by atoms with Gasteiger partial charge in [0.15, 0.2) is 0 Å². The van der Waals surface area contributed by atoms with Crippen molar-refractivity contribution in [1.29, 1.82) is 0 Å². The van der Waals surface area contributed by atoms with Crippen LogP contribution in [-0.2, 0) is 4.79 Å². The first-order valence-electron chi connectivity index (χ1n) is 6.99. The number of piperidine rings is 1. The number of likely N-dealkylation sites (N-methyl/N-ethyl adjacent to an activating group) is 1. The Bertz CT molecular complexity index is 436. The zero-order valence-electron chi connectivity index (χ0n) is 12.4. The monoisotopic (exact) mass is 317 g/mol. The summed E-state index contributed by atoms with van der Waals surface area (Å²) in [6, 6.07) is 0. The maximum absolute atomic E-state index is 11.9. The highest BCUT2D eigenvalue weighted by atomic mass is 35.5. The minimum atomic E-state index is 0. The number of aromatic nitrogens is 1. The van der Waals surface area contributed by atoms with Crippen molar-refractivity contribution in [2.45, 2.75) is 38.5 Å². The van der Waals surface area contributed by atoms with Crippen LogP contribution in [0.15, 0.2) is 5.38 Å². The van der Waals surface area contributed by atoms with E-state index in [1.165, 1.54) is 10.7 Å². The van der Waals surface area contributed by atoms with E-state index in [1.807, 2.05) is 11.9 Å². The van der Waals surface area contributed by atoms with E-state index in [2.05, 4.69) is 24.5 Å². The molecule has 0 radical (unpaired) electrons. The van der Waals surface area contributed by atoms with Gasteiger partial charge in [0, 0.05) is 24.4 Å². The van der Waals surface area contributed by atoms with Crippen LogP contribution in [0.5, 0.6) is 0 Å². The Morgan fingerprint density at radius 2 is 2.35 bits per heavy atom. The number of hydrogen-bond donors (Lipinski definition) is 1. The fourth-order valence-electron chi connectivity index (χ4n) is 2.42. The molecule has 0 bridgehead atoms. The zero-order chi connectivity index (χ0) is 13.8. The molecule has 1 N–H and O–H groups in total. The Hall–Kier alpha value is -0.650. The lowest BCUT2D eigenvalue weighted by molar-refractivity contribution is -0.131. The summed E-state index contributed by atoms with van der Waals surface area (Å²) < 4.78 is 0. The van der Waals surface area contributed by atoms with Gasteiger partial charge in [-0.05, 0) is 25.8 Å². The van der Waals surface area contributed by atoms with Crippen LogP contribution >= 0.6 is 23.7 Å². The van der Waals surface area contributed by atoms with Crippen molar-refractivity contribution in [2.75, 3.05) is 26.7 Å². The molecule has 1 aliphatic heterocycles. The van der Waals surface area contributed by atoms with E-state index in [4.69, 9.17) is 4.98 Å². The molecule has 0 aliphatic carbocycles. The van der Waals surface area contributed by atoms with E-state index in [-0.39, 0.29) is 18.3 Å². The summed E-state index contributed by atoms with van der Waals surface area (Å²) >= 11 is 1.75. The molecule has 1 atom stereocenters. The molecule has 1 amide bonds. The van der Waals surface area contributed by atoms with Gasteiger partial charge >= 0.3 is 0 Å². The smallest absolute Gasteiger partial charge is 0.236 e. The third-order valence-corrected chi connectivity index (χ3v) is 4.61. The van der Waals surface area contributed by atoms with Crippen LogP contribution in [0.1, 0.15) is 49.2 Å². The quantitative estimate of drug-likeness (QED) is 0.928. The van der Waals surface area contributed by atoms with Crippen LogP contribution < -0.4 is 5.32 Å². The molecule has 114 valence electrons. The molecule has 0 aromatic carbocycles. The Kier molecular flexibility index (Phi) is 6.92. The molecule has 1 unspecified atom stereocenters. The lowest BCUT2D eigenvalue weighted by Gasteiger charge is -2.31. The number of carbonyl (C=O) groups is 1. The summed E-state index contributed by atoms with van der Waals surface area (Å²) in [6.45, 7) is 6.48. The molecule has 1 aromatic rings. The van der Waals surface area contributed by atoms with Gasteiger partial charge in [-0.2, -0.15) is 0 Å². The van der Waals surface area contributed by atoms with Gasteiger partial charge in [0.2, 0.25) is 5.91 Å². The van der Waals surface area contributed by atoms with E-state index in [1.54, 1.807) is 11.3 Å². The lowest BCUT2D eigenvalue weighted by atomic mass is 9.98. The second kappa shape index (κ2) is 7.96. The van der Waals surface area contributed by atoms with Crippen molar-refractivity contribution >= 4 is 29.7 Å². The summed E-state index contributed by atoms with van der Waals surface area (Å²) in [5.41, 5.74) is 1.18. The topological polar surface area (TPSA) is 45.2 Å². The minimum Gasteiger partial charge on any atom is -0.341 e. The average Bonchev–Trinajstić information content (AvgIpc) is 2.89. The van der Waals surface area contributed by atoms with E-state index in [0.717, 1.165) is 25.9 Å². The summed E-state index contributed by atoms with van der Waals surface area (Å²) in [4.78, 5) is 18.6. The number of carbonyl (C=O) groups excluding carboxylic acids is 1. The second-order valence-corrected chi connectivity index (χ2v) is 6.36. The first-order valence-corrected chi connectivity index (χ1v) is 7.87. The number of hydrogen-bond acceptors (Lipinski definition) is 4.